The highest BCUT2D eigenvalue weighted by molar-refractivity contribution is 5.80. The molecule has 2 rings (SSSR count). The molecule has 2 aliphatic rings. The van der Waals surface area contributed by atoms with E-state index in [0.29, 0.717) is 35.1 Å². The third-order valence-corrected chi connectivity index (χ3v) is 5.28. The minimum atomic E-state index is 0.190. The molecule has 19 heavy (non-hydrogen) atoms. The van der Waals surface area contributed by atoms with E-state index in [1.807, 2.05) is 0 Å². The van der Waals surface area contributed by atoms with Gasteiger partial charge in [-0.3, -0.25) is 4.79 Å². The Morgan fingerprint density at radius 2 is 1.58 bits per heavy atom. The SMILES string of the molecule is CC(C)C(C(=O)N1CC2(CC2)C[C@H]1C(C)C)C(C)C. The molecule has 1 saturated heterocycles. The summed E-state index contributed by atoms with van der Waals surface area (Å²) < 4.78 is 0. The summed E-state index contributed by atoms with van der Waals surface area (Å²) in [5, 5.41) is 0. The van der Waals surface area contributed by atoms with Crippen LogP contribution in [0.1, 0.15) is 60.8 Å². The van der Waals surface area contributed by atoms with Gasteiger partial charge < -0.3 is 4.90 Å². The second-order valence-corrected chi connectivity index (χ2v) is 8.00. The Kier molecular flexibility index (Phi) is 3.99. The molecule has 0 radical (unpaired) electrons. The van der Waals surface area contributed by atoms with Crippen molar-refractivity contribution in [3.8, 4) is 0 Å². The first-order valence-corrected chi connectivity index (χ1v) is 8.08. The van der Waals surface area contributed by atoms with Gasteiger partial charge in [0.2, 0.25) is 5.91 Å². The Balaban J connectivity index is 2.16. The second kappa shape index (κ2) is 5.10. The van der Waals surface area contributed by atoms with Crippen molar-refractivity contribution in [2.45, 2.75) is 66.8 Å². The molecule has 1 aliphatic carbocycles. The summed E-state index contributed by atoms with van der Waals surface area (Å²) >= 11 is 0. The molecule has 0 N–H and O–H groups in total. The van der Waals surface area contributed by atoms with Gasteiger partial charge in [-0.2, -0.15) is 0 Å². The third-order valence-electron chi connectivity index (χ3n) is 5.28. The van der Waals surface area contributed by atoms with Gasteiger partial charge in [-0.25, -0.2) is 0 Å². The minimum Gasteiger partial charge on any atom is -0.339 e. The number of amides is 1. The van der Waals surface area contributed by atoms with Gasteiger partial charge in [0.1, 0.15) is 0 Å². The summed E-state index contributed by atoms with van der Waals surface area (Å²) in [5.74, 6) is 2.08. The van der Waals surface area contributed by atoms with Gasteiger partial charge in [0.15, 0.2) is 0 Å². The Morgan fingerprint density at radius 1 is 1.05 bits per heavy atom. The first-order chi connectivity index (χ1) is 8.77. The van der Waals surface area contributed by atoms with Gasteiger partial charge in [0.25, 0.3) is 0 Å². The monoisotopic (exact) mass is 265 g/mol. The van der Waals surface area contributed by atoms with Crippen molar-refractivity contribution in [2.24, 2.45) is 29.1 Å². The number of nitrogens with zero attached hydrogens (tertiary/aromatic N) is 1. The summed E-state index contributed by atoms with van der Waals surface area (Å²) in [4.78, 5) is 15.2. The van der Waals surface area contributed by atoms with Crippen molar-refractivity contribution in [1.82, 2.24) is 4.90 Å². The van der Waals surface area contributed by atoms with Crippen molar-refractivity contribution < 1.29 is 4.79 Å². The molecule has 1 spiro atoms. The fourth-order valence-electron chi connectivity index (χ4n) is 4.00. The van der Waals surface area contributed by atoms with Gasteiger partial charge in [0, 0.05) is 18.5 Å². The van der Waals surface area contributed by atoms with Crippen LogP contribution in [-0.4, -0.2) is 23.4 Å². The van der Waals surface area contributed by atoms with Gasteiger partial charge >= 0.3 is 0 Å². The van der Waals surface area contributed by atoms with Crippen LogP contribution in [0.5, 0.6) is 0 Å². The average molecular weight is 265 g/mol. The van der Waals surface area contributed by atoms with Crippen LogP contribution in [-0.2, 0) is 4.79 Å². The van der Waals surface area contributed by atoms with Crippen LogP contribution in [0.4, 0.5) is 0 Å². The maximum atomic E-state index is 13.0. The molecule has 2 nitrogen and oxygen atoms in total. The minimum absolute atomic E-state index is 0.190. The molecule has 2 heteroatoms. The molecule has 2 fully saturated rings. The van der Waals surface area contributed by atoms with E-state index in [4.69, 9.17) is 0 Å². The summed E-state index contributed by atoms with van der Waals surface area (Å²) in [5.41, 5.74) is 0.517. The standard InChI is InChI=1S/C17H31NO/c1-11(2)14-9-17(7-8-17)10-18(14)16(19)15(12(3)4)13(5)6/h11-15H,7-10H2,1-6H3/t14-/m0/s1. The second-order valence-electron chi connectivity index (χ2n) is 8.00. The van der Waals surface area contributed by atoms with Crippen LogP contribution in [0.15, 0.2) is 0 Å². The summed E-state index contributed by atoms with van der Waals surface area (Å²) in [7, 11) is 0. The molecule has 0 aromatic rings. The molecule has 1 amide bonds. The highest BCUT2D eigenvalue weighted by Crippen LogP contribution is 2.56. The lowest BCUT2D eigenvalue weighted by molar-refractivity contribution is -0.140. The van der Waals surface area contributed by atoms with E-state index in [0.717, 1.165) is 6.54 Å². The number of hydrogen-bond acceptors (Lipinski definition) is 1. The zero-order valence-electron chi connectivity index (χ0n) is 13.6. The molecule has 110 valence electrons. The van der Waals surface area contributed by atoms with Crippen LogP contribution in [0.25, 0.3) is 0 Å². The predicted molar refractivity (Wildman–Crippen MR) is 79.8 cm³/mol. The molecule has 0 unspecified atom stereocenters. The summed E-state index contributed by atoms with van der Waals surface area (Å²) in [6.45, 7) is 14.3. The van der Waals surface area contributed by atoms with Crippen molar-refractivity contribution in [3.05, 3.63) is 0 Å². The molecule has 1 atom stereocenters. The van der Waals surface area contributed by atoms with E-state index >= 15 is 0 Å². The lowest BCUT2D eigenvalue weighted by Crippen LogP contribution is -2.45. The molecule has 1 aliphatic heterocycles. The van der Waals surface area contributed by atoms with Gasteiger partial charge in [-0.05, 0) is 42.4 Å². The molecule has 0 aromatic heterocycles. The molecular formula is C17H31NO. The Labute approximate surface area is 118 Å². The zero-order chi connectivity index (χ0) is 14.4. The van der Waals surface area contributed by atoms with Crippen molar-refractivity contribution >= 4 is 5.91 Å². The maximum Gasteiger partial charge on any atom is 0.226 e. The third kappa shape index (κ3) is 2.83. The largest absolute Gasteiger partial charge is 0.339 e. The Bertz CT molecular complexity index is 333. The first kappa shape index (κ1) is 14.9. The van der Waals surface area contributed by atoms with Crippen LogP contribution in [0.3, 0.4) is 0 Å². The maximum absolute atomic E-state index is 13.0. The van der Waals surface area contributed by atoms with Crippen molar-refractivity contribution in [3.63, 3.8) is 0 Å². The van der Waals surface area contributed by atoms with E-state index in [2.05, 4.69) is 46.4 Å². The van der Waals surface area contributed by atoms with Crippen molar-refractivity contribution in [1.29, 1.82) is 0 Å². The number of carbonyl (C=O) groups is 1. The summed E-state index contributed by atoms with van der Waals surface area (Å²) in [6.07, 6.45) is 3.93. The number of hydrogen-bond donors (Lipinski definition) is 0. The van der Waals surface area contributed by atoms with E-state index in [1.54, 1.807) is 0 Å². The fraction of sp³-hybridized carbons (Fsp3) is 0.941. The van der Waals surface area contributed by atoms with Crippen LogP contribution in [0.2, 0.25) is 0 Å². The lowest BCUT2D eigenvalue weighted by Gasteiger charge is -2.34. The van der Waals surface area contributed by atoms with E-state index in [-0.39, 0.29) is 5.92 Å². The molecule has 1 heterocycles. The topological polar surface area (TPSA) is 20.3 Å². The Morgan fingerprint density at radius 3 is 1.95 bits per heavy atom. The fourth-order valence-corrected chi connectivity index (χ4v) is 4.00. The highest BCUT2D eigenvalue weighted by Gasteiger charge is 2.54. The predicted octanol–water partition coefficient (Wildman–Crippen LogP) is 3.95. The number of likely N-dealkylation sites (tertiary alicyclic amines) is 1. The Hall–Kier alpha value is -0.530. The summed E-state index contributed by atoms with van der Waals surface area (Å²) in [6, 6.07) is 0.481. The van der Waals surface area contributed by atoms with E-state index < -0.39 is 0 Å². The zero-order valence-corrected chi connectivity index (χ0v) is 13.6. The normalized spacial score (nSPS) is 25.4. The smallest absolute Gasteiger partial charge is 0.226 e. The van der Waals surface area contributed by atoms with E-state index in [9.17, 15) is 4.79 Å². The van der Waals surface area contributed by atoms with Crippen LogP contribution < -0.4 is 0 Å². The first-order valence-electron chi connectivity index (χ1n) is 8.08. The van der Waals surface area contributed by atoms with E-state index in [1.165, 1.54) is 19.3 Å². The van der Waals surface area contributed by atoms with Crippen LogP contribution >= 0.6 is 0 Å². The van der Waals surface area contributed by atoms with Crippen LogP contribution in [0, 0.1) is 29.1 Å². The lowest BCUT2D eigenvalue weighted by atomic mass is 9.84. The number of carbonyl (C=O) groups excluding carboxylic acids is 1. The quantitative estimate of drug-likeness (QED) is 0.753. The highest BCUT2D eigenvalue weighted by atomic mass is 16.2. The molecule has 0 aromatic carbocycles. The average Bonchev–Trinajstić information content (AvgIpc) is 2.87. The molecule has 0 bridgehead atoms. The molecule has 1 saturated carbocycles. The van der Waals surface area contributed by atoms with Gasteiger partial charge in [0.05, 0.1) is 0 Å². The molecular weight excluding hydrogens is 234 g/mol. The van der Waals surface area contributed by atoms with Crippen molar-refractivity contribution in [2.75, 3.05) is 6.54 Å². The van der Waals surface area contributed by atoms with Gasteiger partial charge in [-0.1, -0.05) is 41.5 Å². The number of rotatable bonds is 4. The van der Waals surface area contributed by atoms with Gasteiger partial charge in [-0.15, -0.1) is 0 Å².